The van der Waals surface area contributed by atoms with Crippen LogP contribution in [0.1, 0.15) is 16.1 Å². The fourth-order valence-electron chi connectivity index (χ4n) is 1.53. The number of methoxy groups -OCH3 is 1. The van der Waals surface area contributed by atoms with E-state index >= 15 is 0 Å². The minimum absolute atomic E-state index is 0.00272. The van der Waals surface area contributed by atoms with Crippen LogP contribution in [0.4, 0.5) is 24.7 Å². The van der Waals surface area contributed by atoms with Gasteiger partial charge in [0.05, 0.1) is 18.4 Å². The van der Waals surface area contributed by atoms with Gasteiger partial charge in [-0.25, -0.2) is 4.63 Å². The minimum atomic E-state index is -4.68. The number of amides is 1. The van der Waals surface area contributed by atoms with Crippen molar-refractivity contribution < 1.29 is 27.3 Å². The van der Waals surface area contributed by atoms with Crippen LogP contribution in [0, 0.1) is 0 Å². The van der Waals surface area contributed by atoms with E-state index in [1.807, 2.05) is 0 Å². The van der Waals surface area contributed by atoms with Crippen LogP contribution in [0.15, 0.2) is 22.8 Å². The van der Waals surface area contributed by atoms with Gasteiger partial charge < -0.3 is 15.8 Å². The van der Waals surface area contributed by atoms with Crippen molar-refractivity contribution in [2.75, 3.05) is 18.2 Å². The van der Waals surface area contributed by atoms with Crippen LogP contribution >= 0.6 is 0 Å². The molecule has 0 bridgehead atoms. The van der Waals surface area contributed by atoms with E-state index in [4.69, 9.17) is 10.5 Å². The average Bonchev–Trinajstić information content (AvgIpc) is 2.84. The summed E-state index contributed by atoms with van der Waals surface area (Å²) in [5.41, 5.74) is 3.36. The van der Waals surface area contributed by atoms with E-state index in [1.165, 1.54) is 13.2 Å². The summed E-state index contributed by atoms with van der Waals surface area (Å²) in [7, 11) is 1.23. The van der Waals surface area contributed by atoms with Gasteiger partial charge >= 0.3 is 6.18 Å². The number of benzene rings is 1. The second-order valence-corrected chi connectivity index (χ2v) is 3.86. The summed E-state index contributed by atoms with van der Waals surface area (Å²) in [6, 6.07) is 3.10. The molecule has 0 saturated heterocycles. The van der Waals surface area contributed by atoms with Crippen LogP contribution in [0.3, 0.4) is 0 Å². The van der Waals surface area contributed by atoms with Crippen molar-refractivity contribution in [1.29, 1.82) is 0 Å². The maximum atomic E-state index is 13.0. The van der Waals surface area contributed by atoms with Crippen molar-refractivity contribution in [2.45, 2.75) is 6.18 Å². The Bertz CT molecular complexity index is 669. The first kappa shape index (κ1) is 14.6. The standard InChI is InChI=1S/C11H9F3N4O3/c1-20-5-2-3-7(6(4-5)11(12,13)14)16-10(19)8-9(15)18-21-17-8/h2-4H,1H3,(H2,15,18)(H,16,19). The Morgan fingerprint density at radius 1 is 1.38 bits per heavy atom. The van der Waals surface area contributed by atoms with E-state index in [-0.39, 0.29) is 11.6 Å². The van der Waals surface area contributed by atoms with Crippen LogP contribution in [-0.4, -0.2) is 23.3 Å². The van der Waals surface area contributed by atoms with Gasteiger partial charge in [-0.1, -0.05) is 0 Å². The number of nitrogen functional groups attached to an aromatic ring is 1. The van der Waals surface area contributed by atoms with Gasteiger partial charge in [-0.05, 0) is 28.5 Å². The molecule has 21 heavy (non-hydrogen) atoms. The molecule has 0 aliphatic heterocycles. The molecule has 0 radical (unpaired) electrons. The first-order valence-corrected chi connectivity index (χ1v) is 5.47. The molecule has 0 saturated carbocycles. The van der Waals surface area contributed by atoms with Crippen molar-refractivity contribution in [3.8, 4) is 5.75 Å². The molecule has 112 valence electrons. The topological polar surface area (TPSA) is 103 Å². The lowest BCUT2D eigenvalue weighted by Gasteiger charge is -2.14. The zero-order valence-electron chi connectivity index (χ0n) is 10.6. The summed E-state index contributed by atoms with van der Waals surface area (Å²) >= 11 is 0. The summed E-state index contributed by atoms with van der Waals surface area (Å²) < 4.78 is 47.8. The molecule has 1 aromatic heterocycles. The summed E-state index contributed by atoms with van der Waals surface area (Å²) in [6.07, 6.45) is -4.68. The van der Waals surface area contributed by atoms with Gasteiger partial charge in [0.15, 0.2) is 0 Å². The van der Waals surface area contributed by atoms with E-state index in [0.29, 0.717) is 0 Å². The number of hydrogen-bond acceptors (Lipinski definition) is 6. The van der Waals surface area contributed by atoms with Crippen LogP contribution < -0.4 is 15.8 Å². The number of carbonyl (C=O) groups excluding carboxylic acids is 1. The third-order valence-electron chi connectivity index (χ3n) is 2.51. The third-order valence-corrected chi connectivity index (χ3v) is 2.51. The summed E-state index contributed by atoms with van der Waals surface area (Å²) in [4.78, 5) is 11.8. The maximum Gasteiger partial charge on any atom is 0.418 e. The SMILES string of the molecule is COc1ccc(NC(=O)c2nonc2N)c(C(F)(F)F)c1. The average molecular weight is 302 g/mol. The highest BCUT2D eigenvalue weighted by Crippen LogP contribution is 2.37. The predicted octanol–water partition coefficient (Wildman–Crippen LogP) is 1.93. The van der Waals surface area contributed by atoms with E-state index in [1.54, 1.807) is 0 Å². The third kappa shape index (κ3) is 3.04. The van der Waals surface area contributed by atoms with E-state index in [9.17, 15) is 18.0 Å². The number of hydrogen-bond donors (Lipinski definition) is 2. The zero-order valence-corrected chi connectivity index (χ0v) is 10.6. The lowest BCUT2D eigenvalue weighted by atomic mass is 10.1. The van der Waals surface area contributed by atoms with Crippen molar-refractivity contribution >= 4 is 17.4 Å². The van der Waals surface area contributed by atoms with Gasteiger partial charge in [0.2, 0.25) is 11.5 Å². The molecular weight excluding hydrogens is 293 g/mol. The Morgan fingerprint density at radius 3 is 2.62 bits per heavy atom. The summed E-state index contributed by atoms with van der Waals surface area (Å²) in [5, 5.41) is 8.43. The van der Waals surface area contributed by atoms with Crippen LogP contribution in [0.25, 0.3) is 0 Å². The highest BCUT2D eigenvalue weighted by molar-refractivity contribution is 6.05. The molecule has 0 aliphatic rings. The molecule has 1 amide bonds. The largest absolute Gasteiger partial charge is 0.497 e. The molecule has 1 heterocycles. The Morgan fingerprint density at radius 2 is 2.10 bits per heavy atom. The minimum Gasteiger partial charge on any atom is -0.497 e. The fourth-order valence-corrected chi connectivity index (χ4v) is 1.53. The Hall–Kier alpha value is -2.78. The molecule has 0 aliphatic carbocycles. The molecule has 0 atom stereocenters. The number of nitrogens with one attached hydrogen (secondary N) is 1. The Kier molecular flexibility index (Phi) is 3.70. The van der Waals surface area contributed by atoms with Crippen LogP contribution in [0.2, 0.25) is 0 Å². The number of aromatic nitrogens is 2. The second kappa shape index (κ2) is 5.31. The number of nitrogens with two attached hydrogens (primary N) is 1. The van der Waals surface area contributed by atoms with Crippen molar-refractivity contribution in [2.24, 2.45) is 0 Å². The molecule has 1 aromatic carbocycles. The van der Waals surface area contributed by atoms with E-state index in [0.717, 1.165) is 12.1 Å². The number of nitrogens with zero attached hydrogens (tertiary/aromatic N) is 2. The molecule has 2 rings (SSSR count). The van der Waals surface area contributed by atoms with Crippen LogP contribution in [-0.2, 0) is 6.18 Å². The van der Waals surface area contributed by atoms with Gasteiger partial charge in [0.25, 0.3) is 5.91 Å². The number of rotatable bonds is 3. The maximum absolute atomic E-state index is 13.0. The normalized spacial score (nSPS) is 11.2. The number of alkyl halides is 3. The lowest BCUT2D eigenvalue weighted by Crippen LogP contribution is -2.18. The lowest BCUT2D eigenvalue weighted by molar-refractivity contribution is -0.137. The predicted molar refractivity (Wildman–Crippen MR) is 64.7 cm³/mol. The van der Waals surface area contributed by atoms with Crippen LogP contribution in [0.5, 0.6) is 5.75 Å². The highest BCUT2D eigenvalue weighted by Gasteiger charge is 2.35. The molecule has 0 unspecified atom stereocenters. The molecule has 0 spiro atoms. The smallest absolute Gasteiger partial charge is 0.418 e. The number of anilines is 2. The quantitative estimate of drug-likeness (QED) is 0.898. The number of carbonyl (C=O) groups is 1. The van der Waals surface area contributed by atoms with Crippen molar-refractivity contribution in [3.05, 3.63) is 29.5 Å². The Labute approximate surface area is 115 Å². The van der Waals surface area contributed by atoms with Crippen molar-refractivity contribution in [3.63, 3.8) is 0 Å². The Balaban J connectivity index is 2.36. The van der Waals surface area contributed by atoms with E-state index in [2.05, 4.69) is 20.3 Å². The van der Waals surface area contributed by atoms with E-state index < -0.39 is 29.0 Å². The van der Waals surface area contributed by atoms with Gasteiger partial charge in [0.1, 0.15) is 5.75 Å². The van der Waals surface area contributed by atoms with Gasteiger partial charge in [-0.3, -0.25) is 4.79 Å². The molecule has 10 heteroatoms. The van der Waals surface area contributed by atoms with Gasteiger partial charge in [0, 0.05) is 0 Å². The highest BCUT2D eigenvalue weighted by atomic mass is 19.4. The number of halogens is 3. The molecular formula is C11H9F3N4O3. The van der Waals surface area contributed by atoms with Crippen molar-refractivity contribution in [1.82, 2.24) is 10.3 Å². The van der Waals surface area contributed by atoms with Gasteiger partial charge in [-0.15, -0.1) is 0 Å². The first-order chi connectivity index (χ1) is 9.82. The monoisotopic (exact) mass is 302 g/mol. The zero-order chi connectivity index (χ0) is 15.6. The van der Waals surface area contributed by atoms with Gasteiger partial charge in [-0.2, -0.15) is 13.2 Å². The molecule has 2 aromatic rings. The molecule has 0 fully saturated rings. The first-order valence-electron chi connectivity index (χ1n) is 5.47. The summed E-state index contributed by atoms with van der Waals surface area (Å²) in [6.45, 7) is 0. The fraction of sp³-hybridized carbons (Fsp3) is 0.182. The second-order valence-electron chi connectivity index (χ2n) is 3.86. The molecule has 3 N–H and O–H groups in total. The molecule has 7 nitrogen and oxygen atoms in total. The number of ether oxygens (including phenoxy) is 1. The summed E-state index contributed by atoms with van der Waals surface area (Å²) in [5.74, 6) is -1.29.